The van der Waals surface area contributed by atoms with Crippen LogP contribution in [0.5, 0.6) is 0 Å². The second-order valence-corrected chi connectivity index (χ2v) is 19.0. The van der Waals surface area contributed by atoms with E-state index in [0.29, 0.717) is 19.3 Å². The molecule has 0 aliphatic carbocycles. The Balaban J connectivity index is 3.52. The summed E-state index contributed by atoms with van der Waals surface area (Å²) >= 11 is 0. The molecule has 0 rings (SSSR count). The summed E-state index contributed by atoms with van der Waals surface area (Å²) < 4.78 is 10.6. The van der Waals surface area contributed by atoms with E-state index in [0.717, 1.165) is 103 Å². The van der Waals surface area contributed by atoms with E-state index in [2.05, 4.69) is 160 Å². The predicted octanol–water partition coefficient (Wildman–Crippen LogP) is 20.2. The molecule has 72 heavy (non-hydrogen) atoms. The quantitative estimate of drug-likeness (QED) is 0.0373. The van der Waals surface area contributed by atoms with Gasteiger partial charge in [0.25, 0.3) is 0 Å². The standard InChI is InChI=1S/C67H108O5/c1-3-5-7-9-11-13-15-17-19-21-22-23-24-25-26-27-28-29-30-31-32-33-34-35-36-37-38-39-40-41-42-43-44-46-48-50-52-54-56-58-60-62-67(70)72-65(63-68)64-71-66(69)61-59-57-55-53-51-49-47-45-20-18-16-14-12-10-8-6-4-2/h5-8,11-14,17-20,22-23,25-26,28-29,31-32,47,49,53,55,65,68H,3-4,9-10,15-16,21,24,27,30,33-46,48,50-52,54,56-64H2,1-2H3/b7-5-,8-6-,13-11-,14-12-,19-17-,20-18-,23-22-,26-25-,29-28-,32-31-,49-47-,55-53-. The first-order valence-corrected chi connectivity index (χ1v) is 29.4. The Bertz CT molecular complexity index is 1540. The number of carbonyl (C=O) groups excluding carboxylic acids is 2. The van der Waals surface area contributed by atoms with Crippen LogP contribution in [0.15, 0.2) is 146 Å². The largest absolute Gasteiger partial charge is 0.462 e. The number of esters is 2. The molecule has 0 heterocycles. The van der Waals surface area contributed by atoms with Gasteiger partial charge in [0.1, 0.15) is 6.61 Å². The highest BCUT2D eigenvalue weighted by atomic mass is 16.6. The molecule has 0 saturated carbocycles. The Morgan fingerprint density at radius 2 is 0.569 bits per heavy atom. The lowest BCUT2D eigenvalue weighted by Crippen LogP contribution is -2.28. The van der Waals surface area contributed by atoms with Crippen molar-refractivity contribution in [2.45, 2.75) is 251 Å². The number of allylic oxidation sites excluding steroid dienone is 24. The first-order valence-electron chi connectivity index (χ1n) is 29.4. The zero-order valence-electron chi connectivity index (χ0n) is 46.4. The van der Waals surface area contributed by atoms with Crippen molar-refractivity contribution < 1.29 is 24.2 Å². The number of unbranched alkanes of at least 4 members (excludes halogenated alkanes) is 20. The third-order valence-corrected chi connectivity index (χ3v) is 12.1. The summed E-state index contributed by atoms with van der Waals surface area (Å²) in [5.74, 6) is -0.662. The Morgan fingerprint density at radius 1 is 0.319 bits per heavy atom. The van der Waals surface area contributed by atoms with Gasteiger partial charge in [0, 0.05) is 12.8 Å². The van der Waals surface area contributed by atoms with Crippen LogP contribution in [-0.4, -0.2) is 36.4 Å². The van der Waals surface area contributed by atoms with Crippen molar-refractivity contribution in [2.24, 2.45) is 0 Å². The fourth-order valence-electron chi connectivity index (χ4n) is 7.81. The zero-order chi connectivity index (χ0) is 52.0. The fourth-order valence-corrected chi connectivity index (χ4v) is 7.81. The second-order valence-electron chi connectivity index (χ2n) is 19.0. The second kappa shape index (κ2) is 61.1. The Labute approximate surface area is 444 Å². The molecular formula is C67H108O5. The maximum absolute atomic E-state index is 12.3. The lowest BCUT2D eigenvalue weighted by atomic mass is 10.0. The molecule has 0 fully saturated rings. The lowest BCUT2D eigenvalue weighted by molar-refractivity contribution is -0.161. The molecule has 0 aromatic carbocycles. The normalized spacial score (nSPS) is 13.3. The predicted molar refractivity (Wildman–Crippen MR) is 315 cm³/mol. The number of ether oxygens (including phenoxy) is 2. The van der Waals surface area contributed by atoms with Gasteiger partial charge < -0.3 is 14.6 Å². The number of hydrogen-bond donors (Lipinski definition) is 1. The molecule has 1 atom stereocenters. The number of hydrogen-bond acceptors (Lipinski definition) is 5. The molecule has 1 N–H and O–H groups in total. The minimum absolute atomic E-state index is 0.101. The van der Waals surface area contributed by atoms with Gasteiger partial charge >= 0.3 is 11.9 Å². The summed E-state index contributed by atoms with van der Waals surface area (Å²) in [6, 6.07) is 0. The van der Waals surface area contributed by atoms with Crippen LogP contribution in [0.2, 0.25) is 0 Å². The van der Waals surface area contributed by atoms with Crippen LogP contribution in [0.25, 0.3) is 0 Å². The van der Waals surface area contributed by atoms with Crippen molar-refractivity contribution in [3.8, 4) is 0 Å². The van der Waals surface area contributed by atoms with Crippen LogP contribution in [0.3, 0.4) is 0 Å². The Hall–Kier alpha value is -4.22. The van der Waals surface area contributed by atoms with Gasteiger partial charge in [0.15, 0.2) is 6.10 Å². The third-order valence-electron chi connectivity index (χ3n) is 12.1. The summed E-state index contributed by atoms with van der Waals surface area (Å²) in [5, 5.41) is 9.63. The number of aliphatic hydroxyl groups excluding tert-OH is 1. The molecule has 0 spiro atoms. The third kappa shape index (κ3) is 58.4. The SMILES string of the molecule is CC/C=C\C/C=C\C/C=C\C/C=C\C/C=C\C/C=C\C/C=C\CCCCCCCCCCCCCCCCCCCCCC(=O)OC(CO)COC(=O)CCC/C=C\C/C=C\C/C=C\C/C=C\C/C=C\CC. The first-order chi connectivity index (χ1) is 35.6. The highest BCUT2D eigenvalue weighted by molar-refractivity contribution is 5.70. The molecule has 0 aromatic rings. The molecule has 0 aliphatic heterocycles. The number of carbonyl (C=O) groups is 2. The Kier molecular flexibility index (Phi) is 57.5. The van der Waals surface area contributed by atoms with Gasteiger partial charge in [-0.25, -0.2) is 0 Å². The van der Waals surface area contributed by atoms with Crippen molar-refractivity contribution in [1.82, 2.24) is 0 Å². The van der Waals surface area contributed by atoms with Crippen molar-refractivity contribution in [1.29, 1.82) is 0 Å². The van der Waals surface area contributed by atoms with E-state index in [1.807, 2.05) is 0 Å². The van der Waals surface area contributed by atoms with E-state index in [1.165, 1.54) is 109 Å². The van der Waals surface area contributed by atoms with Crippen molar-refractivity contribution in [2.75, 3.05) is 13.2 Å². The van der Waals surface area contributed by atoms with E-state index in [1.54, 1.807) is 0 Å². The molecule has 0 radical (unpaired) electrons. The van der Waals surface area contributed by atoms with Crippen LogP contribution in [-0.2, 0) is 19.1 Å². The van der Waals surface area contributed by atoms with Gasteiger partial charge in [-0.1, -0.05) is 269 Å². The van der Waals surface area contributed by atoms with Crippen LogP contribution < -0.4 is 0 Å². The van der Waals surface area contributed by atoms with Crippen LogP contribution >= 0.6 is 0 Å². The molecule has 5 nitrogen and oxygen atoms in total. The highest BCUT2D eigenvalue weighted by Gasteiger charge is 2.16. The van der Waals surface area contributed by atoms with E-state index in [4.69, 9.17) is 9.47 Å². The molecule has 0 amide bonds. The zero-order valence-corrected chi connectivity index (χ0v) is 46.4. The van der Waals surface area contributed by atoms with Crippen molar-refractivity contribution in [3.63, 3.8) is 0 Å². The average Bonchev–Trinajstić information content (AvgIpc) is 3.38. The number of rotatable bonds is 52. The summed E-state index contributed by atoms with van der Waals surface area (Å²) in [6.45, 7) is 3.86. The maximum atomic E-state index is 12.3. The molecule has 1 unspecified atom stereocenters. The molecule has 406 valence electrons. The van der Waals surface area contributed by atoms with Crippen LogP contribution in [0.4, 0.5) is 0 Å². The fraction of sp³-hybridized carbons (Fsp3) is 0.612. The minimum Gasteiger partial charge on any atom is -0.462 e. The minimum atomic E-state index is -0.803. The highest BCUT2D eigenvalue weighted by Crippen LogP contribution is 2.16. The molecule has 0 saturated heterocycles. The van der Waals surface area contributed by atoms with E-state index in [-0.39, 0.29) is 25.2 Å². The average molecular weight is 994 g/mol. The van der Waals surface area contributed by atoms with Crippen molar-refractivity contribution in [3.05, 3.63) is 146 Å². The number of aliphatic hydroxyl groups is 1. The molecular weight excluding hydrogens is 885 g/mol. The van der Waals surface area contributed by atoms with Gasteiger partial charge in [-0.15, -0.1) is 0 Å². The van der Waals surface area contributed by atoms with E-state index < -0.39 is 6.10 Å². The van der Waals surface area contributed by atoms with Crippen LogP contribution in [0, 0.1) is 0 Å². The van der Waals surface area contributed by atoms with Gasteiger partial charge in [0.2, 0.25) is 0 Å². The maximum Gasteiger partial charge on any atom is 0.306 e. The smallest absolute Gasteiger partial charge is 0.306 e. The summed E-state index contributed by atoms with van der Waals surface area (Å²) in [6.07, 6.45) is 92.7. The molecule has 0 bridgehead atoms. The summed E-state index contributed by atoms with van der Waals surface area (Å²) in [7, 11) is 0. The summed E-state index contributed by atoms with van der Waals surface area (Å²) in [4.78, 5) is 24.5. The van der Waals surface area contributed by atoms with Gasteiger partial charge in [-0.05, 0) is 109 Å². The Morgan fingerprint density at radius 3 is 0.875 bits per heavy atom. The molecule has 0 aromatic heterocycles. The topological polar surface area (TPSA) is 72.8 Å². The molecule has 0 aliphatic rings. The van der Waals surface area contributed by atoms with E-state index >= 15 is 0 Å². The van der Waals surface area contributed by atoms with Gasteiger partial charge in [-0.2, -0.15) is 0 Å². The first kappa shape index (κ1) is 67.8. The van der Waals surface area contributed by atoms with E-state index in [9.17, 15) is 14.7 Å². The lowest BCUT2D eigenvalue weighted by Gasteiger charge is -2.15. The molecule has 5 heteroatoms. The van der Waals surface area contributed by atoms with Gasteiger partial charge in [0.05, 0.1) is 6.61 Å². The van der Waals surface area contributed by atoms with Gasteiger partial charge in [-0.3, -0.25) is 9.59 Å². The monoisotopic (exact) mass is 993 g/mol. The van der Waals surface area contributed by atoms with Crippen molar-refractivity contribution >= 4 is 11.9 Å². The summed E-state index contributed by atoms with van der Waals surface area (Å²) in [5.41, 5.74) is 0. The van der Waals surface area contributed by atoms with Crippen LogP contribution in [0.1, 0.15) is 245 Å².